The van der Waals surface area contributed by atoms with Gasteiger partial charge in [-0.3, -0.25) is 4.79 Å². The smallest absolute Gasteiger partial charge is 0.317 e. The maximum atomic E-state index is 13.7. The first-order valence-electron chi connectivity index (χ1n) is 13.0. The fourth-order valence-corrected chi connectivity index (χ4v) is 4.97. The first-order chi connectivity index (χ1) is 17.8. The van der Waals surface area contributed by atoms with E-state index in [2.05, 4.69) is 10.3 Å². The van der Waals surface area contributed by atoms with Crippen molar-refractivity contribution in [1.29, 1.82) is 0 Å². The number of benzene rings is 1. The number of hydrogen-bond donors (Lipinski definition) is 2. The van der Waals surface area contributed by atoms with Gasteiger partial charge in [-0.05, 0) is 43.5 Å². The van der Waals surface area contributed by atoms with Gasteiger partial charge in [-0.15, -0.1) is 0 Å². The lowest BCUT2D eigenvalue weighted by Gasteiger charge is -2.37. The van der Waals surface area contributed by atoms with E-state index >= 15 is 0 Å². The molecule has 3 amide bonds. The average Bonchev–Trinajstić information content (AvgIpc) is 3.43. The molecule has 2 N–H and O–H groups in total. The number of likely N-dealkylation sites (N-methyl/N-ethyl adjacent to an activating group) is 1. The summed E-state index contributed by atoms with van der Waals surface area (Å²) >= 11 is 0. The van der Waals surface area contributed by atoms with Crippen molar-refractivity contribution in [1.82, 2.24) is 20.1 Å². The summed E-state index contributed by atoms with van der Waals surface area (Å²) in [5.41, 5.74) is 2.00. The third kappa shape index (κ3) is 6.15. The molecule has 0 saturated heterocycles. The number of carbonyl (C=O) groups is 2. The zero-order chi connectivity index (χ0) is 26.5. The largest absolute Gasteiger partial charge is 0.497 e. The third-order valence-corrected chi connectivity index (χ3v) is 7.43. The summed E-state index contributed by atoms with van der Waals surface area (Å²) in [6.07, 6.45) is 5.61. The molecule has 1 saturated carbocycles. The number of ether oxygens (including phenoxy) is 2. The number of carbonyl (C=O) groups excluding carboxylic acids is 2. The zero-order valence-electron chi connectivity index (χ0n) is 22.1. The van der Waals surface area contributed by atoms with Crippen molar-refractivity contribution in [2.45, 2.75) is 57.7 Å². The van der Waals surface area contributed by atoms with Crippen molar-refractivity contribution < 1.29 is 24.2 Å². The Labute approximate surface area is 218 Å². The van der Waals surface area contributed by atoms with Gasteiger partial charge in [0.15, 0.2) is 0 Å². The summed E-state index contributed by atoms with van der Waals surface area (Å²) in [7, 11) is 3.38. The molecule has 4 rings (SSSR count). The van der Waals surface area contributed by atoms with Gasteiger partial charge >= 0.3 is 6.03 Å². The number of nitrogens with one attached hydrogen (secondary N) is 1. The van der Waals surface area contributed by atoms with Crippen molar-refractivity contribution in [3.63, 3.8) is 0 Å². The Morgan fingerprint density at radius 3 is 2.62 bits per heavy atom. The highest BCUT2D eigenvalue weighted by Gasteiger charge is 2.35. The monoisotopic (exact) mass is 510 g/mol. The second-order valence-corrected chi connectivity index (χ2v) is 10.2. The molecule has 200 valence electrons. The molecule has 0 bridgehead atoms. The van der Waals surface area contributed by atoms with Crippen molar-refractivity contribution in [2.75, 3.05) is 33.9 Å². The minimum atomic E-state index is -0.390. The van der Waals surface area contributed by atoms with E-state index in [1.165, 1.54) is 0 Å². The van der Waals surface area contributed by atoms with Crippen LogP contribution in [0, 0.1) is 5.92 Å². The number of nitrogens with zero attached hydrogens (tertiary/aromatic N) is 3. The van der Waals surface area contributed by atoms with Gasteiger partial charge in [0, 0.05) is 37.3 Å². The molecule has 3 atom stereocenters. The first kappa shape index (κ1) is 26.7. The van der Waals surface area contributed by atoms with E-state index in [0.29, 0.717) is 18.7 Å². The minimum Gasteiger partial charge on any atom is -0.497 e. The number of methoxy groups -OCH3 is 1. The Morgan fingerprint density at radius 2 is 1.97 bits per heavy atom. The van der Waals surface area contributed by atoms with Crippen LogP contribution in [0.15, 0.2) is 36.5 Å². The van der Waals surface area contributed by atoms with Crippen LogP contribution in [0.25, 0.3) is 11.1 Å². The molecule has 2 heterocycles. The van der Waals surface area contributed by atoms with E-state index in [1.54, 1.807) is 36.2 Å². The van der Waals surface area contributed by atoms with Crippen LogP contribution < -0.4 is 14.8 Å². The summed E-state index contributed by atoms with van der Waals surface area (Å²) in [5.74, 6) is 0.634. The SMILES string of the molecule is COc1ccc(-c2cnc3c(c2)C(=O)N([C@@H](C)CO)C[C@@H](C)[C@@H](CN(C)C(=O)NC2CCCC2)O3)cc1. The maximum Gasteiger partial charge on any atom is 0.317 e. The van der Waals surface area contributed by atoms with Crippen molar-refractivity contribution in [3.8, 4) is 22.8 Å². The Balaban J connectivity index is 1.62. The molecule has 9 nitrogen and oxygen atoms in total. The molecule has 2 aromatic rings. The Morgan fingerprint density at radius 1 is 1.27 bits per heavy atom. The molecule has 0 unspecified atom stereocenters. The standard InChI is InChI=1S/C28H38N4O5/c1-18-15-32(19(2)17-33)27(34)24-13-21(20-9-11-23(36-4)12-10-20)14-29-26(24)37-25(18)16-31(3)28(35)30-22-7-5-6-8-22/h9-14,18-19,22,25,33H,5-8,15-17H2,1-4H3,(H,30,35)/t18-,19+,25-/m1/s1. The summed E-state index contributed by atoms with van der Waals surface area (Å²) in [6, 6.07) is 9.04. The zero-order valence-corrected chi connectivity index (χ0v) is 22.1. The van der Waals surface area contributed by atoms with E-state index in [4.69, 9.17) is 9.47 Å². The number of fused-ring (bicyclic) bond motifs is 1. The Hall–Kier alpha value is -3.33. The second-order valence-electron chi connectivity index (χ2n) is 10.2. The quantitative estimate of drug-likeness (QED) is 0.590. The minimum absolute atomic E-state index is 0.101. The van der Waals surface area contributed by atoms with Crippen molar-refractivity contribution in [2.24, 2.45) is 5.92 Å². The number of pyridine rings is 1. The molecular weight excluding hydrogens is 472 g/mol. The Bertz CT molecular complexity index is 1090. The van der Waals surface area contributed by atoms with Crippen LogP contribution in [0.5, 0.6) is 11.6 Å². The molecule has 2 aliphatic rings. The maximum absolute atomic E-state index is 13.7. The molecule has 37 heavy (non-hydrogen) atoms. The number of aliphatic hydroxyl groups excluding tert-OH is 1. The molecule has 9 heteroatoms. The van der Waals surface area contributed by atoms with Gasteiger partial charge in [0.2, 0.25) is 5.88 Å². The van der Waals surface area contributed by atoms with E-state index in [1.807, 2.05) is 38.1 Å². The number of urea groups is 1. The highest BCUT2D eigenvalue weighted by Crippen LogP contribution is 2.31. The first-order valence-corrected chi connectivity index (χ1v) is 13.0. The van der Waals surface area contributed by atoms with E-state index < -0.39 is 0 Å². The van der Waals surface area contributed by atoms with Crippen molar-refractivity contribution in [3.05, 3.63) is 42.1 Å². The van der Waals surface area contributed by atoms with Gasteiger partial charge in [-0.1, -0.05) is 31.9 Å². The topological polar surface area (TPSA) is 104 Å². The van der Waals surface area contributed by atoms with Crippen LogP contribution in [0.2, 0.25) is 0 Å². The van der Waals surface area contributed by atoms with Crippen LogP contribution in [-0.4, -0.2) is 83.9 Å². The summed E-state index contributed by atoms with van der Waals surface area (Å²) < 4.78 is 11.6. The van der Waals surface area contributed by atoms with Crippen LogP contribution in [0.3, 0.4) is 0 Å². The molecular formula is C28H38N4O5. The van der Waals surface area contributed by atoms with Crippen LogP contribution >= 0.6 is 0 Å². The lowest BCUT2D eigenvalue weighted by molar-refractivity contribution is 0.0351. The van der Waals surface area contributed by atoms with E-state index in [9.17, 15) is 14.7 Å². The van der Waals surface area contributed by atoms with Gasteiger partial charge in [0.05, 0.1) is 26.3 Å². The molecule has 0 spiro atoms. The number of amides is 3. The third-order valence-electron chi connectivity index (χ3n) is 7.43. The summed E-state index contributed by atoms with van der Waals surface area (Å²) in [5, 5.41) is 13.0. The lowest BCUT2D eigenvalue weighted by atomic mass is 9.99. The van der Waals surface area contributed by atoms with Gasteiger partial charge in [-0.2, -0.15) is 0 Å². The van der Waals surface area contributed by atoms with Gasteiger partial charge in [0.1, 0.15) is 17.4 Å². The fraction of sp³-hybridized carbons (Fsp3) is 0.536. The average molecular weight is 511 g/mol. The highest BCUT2D eigenvalue weighted by atomic mass is 16.5. The summed E-state index contributed by atoms with van der Waals surface area (Å²) in [4.78, 5) is 34.4. The Kier molecular flexibility index (Phi) is 8.53. The molecule has 1 aliphatic carbocycles. The molecule has 1 aromatic heterocycles. The van der Waals surface area contributed by atoms with Crippen LogP contribution in [0.1, 0.15) is 49.9 Å². The number of rotatable bonds is 7. The van der Waals surface area contributed by atoms with Crippen LogP contribution in [-0.2, 0) is 0 Å². The number of aliphatic hydroxyl groups is 1. The molecule has 0 radical (unpaired) electrons. The highest BCUT2D eigenvalue weighted by molar-refractivity contribution is 5.98. The number of aromatic nitrogens is 1. The van der Waals surface area contributed by atoms with E-state index in [0.717, 1.165) is 42.6 Å². The lowest BCUT2D eigenvalue weighted by Crippen LogP contribution is -2.52. The normalized spacial score (nSPS) is 20.9. The molecule has 1 fully saturated rings. The van der Waals surface area contributed by atoms with Crippen LogP contribution in [0.4, 0.5) is 4.79 Å². The predicted octanol–water partition coefficient (Wildman–Crippen LogP) is 3.56. The predicted molar refractivity (Wildman–Crippen MR) is 141 cm³/mol. The molecule has 1 aliphatic heterocycles. The van der Waals surface area contributed by atoms with Gasteiger partial charge in [0.25, 0.3) is 5.91 Å². The van der Waals surface area contributed by atoms with Crippen molar-refractivity contribution >= 4 is 11.9 Å². The summed E-state index contributed by atoms with van der Waals surface area (Å²) in [6.45, 7) is 4.39. The fourth-order valence-electron chi connectivity index (χ4n) is 4.97. The molecule has 1 aromatic carbocycles. The van der Waals surface area contributed by atoms with E-state index in [-0.39, 0.29) is 48.5 Å². The number of hydrogen-bond acceptors (Lipinski definition) is 6. The van der Waals surface area contributed by atoms with Gasteiger partial charge in [-0.25, -0.2) is 9.78 Å². The second kappa shape index (κ2) is 11.8. The van der Waals surface area contributed by atoms with Gasteiger partial charge < -0.3 is 29.7 Å².